The molecule has 1 amide bonds. The molecule has 0 aliphatic carbocycles. The second-order valence-corrected chi connectivity index (χ2v) is 6.15. The Morgan fingerprint density at radius 3 is 2.75 bits per heavy atom. The molecule has 2 N–H and O–H groups in total. The Bertz CT molecular complexity index is 1150. The molecule has 0 aliphatic rings. The van der Waals surface area contributed by atoms with Gasteiger partial charge in [0, 0.05) is 26.2 Å². The van der Waals surface area contributed by atoms with Crippen molar-refractivity contribution in [3.63, 3.8) is 0 Å². The highest BCUT2D eigenvalue weighted by molar-refractivity contribution is 6.00. The molecule has 142 valence electrons. The summed E-state index contributed by atoms with van der Waals surface area (Å²) >= 11 is 0. The number of pyridine rings is 1. The van der Waals surface area contributed by atoms with Crippen LogP contribution in [0.3, 0.4) is 0 Å². The van der Waals surface area contributed by atoms with Crippen LogP contribution >= 0.6 is 0 Å². The summed E-state index contributed by atoms with van der Waals surface area (Å²) in [5.74, 6) is 1.92. The number of rotatable bonds is 4. The third-order valence-corrected chi connectivity index (χ3v) is 4.22. The molecule has 0 saturated heterocycles. The fourth-order valence-electron chi connectivity index (χ4n) is 2.76. The molecule has 0 atom stereocenters. The van der Waals surface area contributed by atoms with Crippen LogP contribution in [0.1, 0.15) is 5.56 Å². The third-order valence-electron chi connectivity index (χ3n) is 4.22. The third kappa shape index (κ3) is 3.22. The van der Waals surface area contributed by atoms with Crippen molar-refractivity contribution in [2.75, 3.05) is 17.7 Å². The minimum Gasteiger partial charge on any atom is -0.455 e. The molecule has 1 aromatic carbocycles. The molecule has 0 saturated carbocycles. The normalized spacial score (nSPS) is 10.8. The lowest BCUT2D eigenvalue weighted by molar-refractivity contribution is 0.251. The maximum atomic E-state index is 12.4. The topological polar surface area (TPSA) is 112 Å². The molecule has 10 nitrogen and oxygen atoms in total. The highest BCUT2D eigenvalue weighted by atomic mass is 16.5. The zero-order valence-electron chi connectivity index (χ0n) is 15.5. The lowest BCUT2D eigenvalue weighted by Gasteiger charge is -2.12. The monoisotopic (exact) mass is 378 g/mol. The quantitative estimate of drug-likeness (QED) is 0.561. The number of amides is 1. The summed E-state index contributed by atoms with van der Waals surface area (Å²) in [6.45, 7) is 1.94. The van der Waals surface area contributed by atoms with E-state index in [-0.39, 0.29) is 0 Å². The van der Waals surface area contributed by atoms with Gasteiger partial charge in [0.25, 0.3) is 0 Å². The Balaban J connectivity index is 1.71. The molecule has 10 heteroatoms. The number of aromatic nitrogens is 6. The molecule has 4 aromatic rings. The van der Waals surface area contributed by atoms with E-state index in [0.717, 1.165) is 21.6 Å². The Labute approximate surface area is 160 Å². The van der Waals surface area contributed by atoms with Crippen molar-refractivity contribution in [2.45, 2.75) is 6.92 Å². The number of fused-ring (bicyclic) bond motifs is 1. The van der Waals surface area contributed by atoms with Crippen LogP contribution in [0.2, 0.25) is 0 Å². The van der Waals surface area contributed by atoms with Gasteiger partial charge >= 0.3 is 6.03 Å². The fourth-order valence-corrected chi connectivity index (χ4v) is 2.76. The SMILES string of the molecule is CNc1cc(C)c(Oc2cc(NC(=O)n3cncn3)c3ncn(C)c3c2)cn1. The van der Waals surface area contributed by atoms with E-state index >= 15 is 0 Å². The van der Waals surface area contributed by atoms with Gasteiger partial charge in [-0.15, -0.1) is 0 Å². The predicted molar refractivity (Wildman–Crippen MR) is 104 cm³/mol. The number of ether oxygens (including phenoxy) is 1. The van der Waals surface area contributed by atoms with Crippen molar-refractivity contribution in [1.82, 2.24) is 29.3 Å². The average molecular weight is 378 g/mol. The molecule has 0 spiro atoms. The molecular formula is C18H18N8O2. The second kappa shape index (κ2) is 6.99. The van der Waals surface area contributed by atoms with Crippen LogP contribution in [0.5, 0.6) is 11.5 Å². The van der Waals surface area contributed by atoms with Gasteiger partial charge in [0.1, 0.15) is 35.5 Å². The number of hydrogen-bond donors (Lipinski definition) is 2. The molecule has 4 rings (SSSR count). The molecule has 0 aliphatic heterocycles. The summed E-state index contributed by atoms with van der Waals surface area (Å²) < 4.78 is 8.99. The highest BCUT2D eigenvalue weighted by Gasteiger charge is 2.14. The predicted octanol–water partition coefficient (Wildman–Crippen LogP) is 2.78. The van der Waals surface area contributed by atoms with Gasteiger partial charge in [0.05, 0.1) is 23.7 Å². The summed E-state index contributed by atoms with van der Waals surface area (Å²) in [4.78, 5) is 24.8. The lowest BCUT2D eigenvalue weighted by Crippen LogP contribution is -2.20. The first-order chi connectivity index (χ1) is 13.5. The van der Waals surface area contributed by atoms with E-state index in [9.17, 15) is 4.79 Å². The molecule has 0 bridgehead atoms. The second-order valence-electron chi connectivity index (χ2n) is 6.15. The van der Waals surface area contributed by atoms with Crippen LogP contribution in [0.4, 0.5) is 16.3 Å². The van der Waals surface area contributed by atoms with Gasteiger partial charge in [-0.3, -0.25) is 0 Å². The summed E-state index contributed by atoms with van der Waals surface area (Å²) in [5.41, 5.74) is 2.89. The van der Waals surface area contributed by atoms with Crippen molar-refractivity contribution < 1.29 is 9.53 Å². The van der Waals surface area contributed by atoms with Crippen LogP contribution in [0.25, 0.3) is 11.0 Å². The fraction of sp³-hybridized carbons (Fsp3) is 0.167. The van der Waals surface area contributed by atoms with Crippen LogP contribution in [-0.2, 0) is 7.05 Å². The zero-order chi connectivity index (χ0) is 19.7. The van der Waals surface area contributed by atoms with E-state index in [4.69, 9.17) is 4.74 Å². The summed E-state index contributed by atoms with van der Waals surface area (Å²) in [6, 6.07) is 5.03. The molecule has 0 unspecified atom stereocenters. The van der Waals surface area contributed by atoms with Crippen LogP contribution in [0, 0.1) is 6.92 Å². The van der Waals surface area contributed by atoms with Gasteiger partial charge in [0.2, 0.25) is 0 Å². The van der Waals surface area contributed by atoms with E-state index in [1.54, 1.807) is 18.6 Å². The van der Waals surface area contributed by atoms with Crippen molar-refractivity contribution in [1.29, 1.82) is 0 Å². The van der Waals surface area contributed by atoms with Crippen molar-refractivity contribution >= 4 is 28.6 Å². The number of anilines is 2. The molecule has 0 radical (unpaired) electrons. The van der Waals surface area contributed by atoms with Gasteiger partial charge in [-0.1, -0.05) is 0 Å². The van der Waals surface area contributed by atoms with Gasteiger partial charge in [-0.05, 0) is 18.6 Å². The van der Waals surface area contributed by atoms with Crippen molar-refractivity contribution in [2.24, 2.45) is 7.05 Å². The Hall–Kier alpha value is -3.95. The number of benzene rings is 1. The molecule has 3 heterocycles. The van der Waals surface area contributed by atoms with Crippen molar-refractivity contribution in [3.8, 4) is 11.5 Å². The van der Waals surface area contributed by atoms with Gasteiger partial charge in [0.15, 0.2) is 0 Å². The average Bonchev–Trinajstić information content (AvgIpc) is 3.34. The first kappa shape index (κ1) is 17.5. The first-order valence-electron chi connectivity index (χ1n) is 8.48. The summed E-state index contributed by atoms with van der Waals surface area (Å²) in [5, 5.41) is 9.63. The van der Waals surface area contributed by atoms with Crippen molar-refractivity contribution in [3.05, 3.63) is 48.9 Å². The summed E-state index contributed by atoms with van der Waals surface area (Å²) in [6.07, 6.45) is 5.94. The molecular weight excluding hydrogens is 360 g/mol. The van der Waals surface area contributed by atoms with E-state index < -0.39 is 6.03 Å². The standard InChI is InChI=1S/C18H18N8O2/c1-11-4-16(19-2)21-7-15(11)28-12-5-13(17-14(6-12)25(3)10-22-17)24-18(27)26-9-20-8-23-26/h4-10H,1-3H3,(H,19,21)(H,24,27). The van der Waals surface area contributed by atoms with Gasteiger partial charge < -0.3 is 19.9 Å². The number of imidazole rings is 1. The molecule has 0 fully saturated rings. The number of carbonyl (C=O) groups excluding carboxylic acids is 1. The molecule has 3 aromatic heterocycles. The Morgan fingerprint density at radius 2 is 2.04 bits per heavy atom. The zero-order valence-corrected chi connectivity index (χ0v) is 15.5. The number of nitrogens with zero attached hydrogens (tertiary/aromatic N) is 6. The van der Waals surface area contributed by atoms with E-state index in [2.05, 4.69) is 30.7 Å². The summed E-state index contributed by atoms with van der Waals surface area (Å²) in [7, 11) is 3.68. The number of carbonyl (C=O) groups is 1. The smallest absolute Gasteiger partial charge is 0.348 e. The maximum absolute atomic E-state index is 12.4. The van der Waals surface area contributed by atoms with Gasteiger partial charge in [-0.25, -0.2) is 19.7 Å². The molecule has 28 heavy (non-hydrogen) atoms. The number of aryl methyl sites for hydroxylation is 2. The Morgan fingerprint density at radius 1 is 1.18 bits per heavy atom. The Kier molecular flexibility index (Phi) is 4.36. The van der Waals surface area contributed by atoms with Gasteiger partial charge in [-0.2, -0.15) is 9.78 Å². The first-order valence-corrected chi connectivity index (χ1v) is 8.48. The lowest BCUT2D eigenvalue weighted by atomic mass is 10.2. The van der Waals surface area contributed by atoms with Crippen LogP contribution in [0.15, 0.2) is 43.4 Å². The van der Waals surface area contributed by atoms with E-state index in [1.165, 1.54) is 12.7 Å². The highest BCUT2D eigenvalue weighted by Crippen LogP contribution is 2.32. The minimum atomic E-state index is -0.446. The van der Waals surface area contributed by atoms with E-state index in [0.29, 0.717) is 22.7 Å². The minimum absolute atomic E-state index is 0.446. The van der Waals surface area contributed by atoms with E-state index in [1.807, 2.05) is 37.7 Å². The number of nitrogens with one attached hydrogen (secondary N) is 2. The van der Waals surface area contributed by atoms with Crippen LogP contribution in [-0.4, -0.2) is 42.4 Å². The maximum Gasteiger partial charge on any atom is 0.348 e. The number of hydrogen-bond acceptors (Lipinski definition) is 7. The van der Waals surface area contributed by atoms with Crippen LogP contribution < -0.4 is 15.4 Å². The largest absolute Gasteiger partial charge is 0.455 e.